The molecule has 0 bridgehead atoms. The number of rotatable bonds is 7. The van der Waals surface area contributed by atoms with E-state index in [4.69, 9.17) is 35.2 Å². The molecule has 0 spiro atoms. The maximum Gasteiger partial charge on any atom is 0.509 e. The lowest BCUT2D eigenvalue weighted by molar-refractivity contribution is -0.0325. The average Bonchev–Trinajstić information content (AvgIpc) is 3.41. The summed E-state index contributed by atoms with van der Waals surface area (Å²) in [6.07, 6.45) is -0.710. The Morgan fingerprint density at radius 1 is 1.00 bits per heavy atom. The van der Waals surface area contributed by atoms with Gasteiger partial charge in [0.25, 0.3) is 5.91 Å². The van der Waals surface area contributed by atoms with Gasteiger partial charge in [-0.25, -0.2) is 9.59 Å². The first kappa shape index (κ1) is 26.9. The summed E-state index contributed by atoms with van der Waals surface area (Å²) in [6, 6.07) is 1.33. The lowest BCUT2D eigenvalue weighted by Gasteiger charge is -2.32. The molecule has 0 radical (unpaired) electrons. The van der Waals surface area contributed by atoms with E-state index in [0.717, 1.165) is 0 Å². The lowest BCUT2D eigenvalue weighted by Crippen LogP contribution is -2.44. The molecule has 0 aromatic heterocycles. The molecule has 2 amide bonds. The van der Waals surface area contributed by atoms with Crippen LogP contribution in [0.2, 0.25) is 0 Å². The number of hydrogen-bond acceptors (Lipinski definition) is 9. The second-order valence-electron chi connectivity index (χ2n) is 10.1. The van der Waals surface area contributed by atoms with Gasteiger partial charge in [-0.1, -0.05) is 0 Å². The quantitative estimate of drug-likeness (QED) is 0.439. The number of primary amides is 1. The molecule has 2 rings (SSSR count). The number of methoxy groups -OCH3 is 2. The van der Waals surface area contributed by atoms with E-state index in [0.29, 0.717) is 12.8 Å². The highest BCUT2D eigenvalue weighted by Crippen LogP contribution is 2.48. The Labute approximate surface area is 199 Å². The van der Waals surface area contributed by atoms with Gasteiger partial charge in [0.1, 0.15) is 22.5 Å². The van der Waals surface area contributed by atoms with Gasteiger partial charge >= 0.3 is 12.2 Å². The van der Waals surface area contributed by atoms with Crippen LogP contribution in [-0.2, 0) is 14.2 Å². The maximum absolute atomic E-state index is 13.3. The highest BCUT2D eigenvalue weighted by Gasteiger charge is 2.51. The van der Waals surface area contributed by atoms with Crippen molar-refractivity contribution in [3.05, 3.63) is 11.6 Å². The molecule has 0 unspecified atom stereocenters. The molecule has 0 atom stereocenters. The van der Waals surface area contributed by atoms with Crippen LogP contribution in [0.1, 0.15) is 64.7 Å². The number of anilines is 2. The number of benzene rings is 1. The molecular formula is C23H35N3O8. The molecule has 1 aliphatic rings. The Morgan fingerprint density at radius 3 is 1.97 bits per heavy atom. The highest BCUT2D eigenvalue weighted by molar-refractivity contribution is 6.06. The zero-order valence-corrected chi connectivity index (χ0v) is 21.1. The molecular weight excluding hydrogens is 446 g/mol. The maximum atomic E-state index is 13.3. The van der Waals surface area contributed by atoms with Crippen LogP contribution >= 0.6 is 0 Å². The van der Waals surface area contributed by atoms with E-state index in [1.165, 1.54) is 25.2 Å². The van der Waals surface area contributed by atoms with Gasteiger partial charge in [-0.3, -0.25) is 9.69 Å². The van der Waals surface area contributed by atoms with Crippen molar-refractivity contribution in [2.45, 2.75) is 71.2 Å². The van der Waals surface area contributed by atoms with Gasteiger partial charge in [0.05, 0.1) is 32.0 Å². The van der Waals surface area contributed by atoms with Crippen molar-refractivity contribution in [1.82, 2.24) is 0 Å². The minimum atomic E-state index is -1.04. The summed E-state index contributed by atoms with van der Waals surface area (Å²) in [4.78, 5) is 38.9. The summed E-state index contributed by atoms with van der Waals surface area (Å²) in [5.74, 6) is -0.606. The molecule has 1 saturated carbocycles. The smallest absolute Gasteiger partial charge is 0.493 e. The Kier molecular flexibility index (Phi) is 7.49. The summed E-state index contributed by atoms with van der Waals surface area (Å²) >= 11 is 0. The fraction of sp³-hybridized carbons (Fsp3) is 0.609. The third kappa shape index (κ3) is 6.58. The minimum Gasteiger partial charge on any atom is -0.493 e. The molecule has 190 valence electrons. The van der Waals surface area contributed by atoms with Crippen LogP contribution in [-0.4, -0.2) is 55.7 Å². The Morgan fingerprint density at radius 2 is 1.56 bits per heavy atom. The number of nitrogens with two attached hydrogens (primary N) is 2. The summed E-state index contributed by atoms with van der Waals surface area (Å²) in [7, 11) is 2.73. The zero-order chi connectivity index (χ0) is 26.1. The van der Waals surface area contributed by atoms with Crippen molar-refractivity contribution in [1.29, 1.82) is 0 Å². The van der Waals surface area contributed by atoms with Crippen molar-refractivity contribution in [2.24, 2.45) is 5.73 Å². The van der Waals surface area contributed by atoms with Gasteiger partial charge in [-0.05, 0) is 60.5 Å². The zero-order valence-electron chi connectivity index (χ0n) is 21.1. The van der Waals surface area contributed by atoms with Crippen LogP contribution in [0.25, 0.3) is 0 Å². The summed E-state index contributed by atoms with van der Waals surface area (Å²) in [5, 5.41) is 0. The van der Waals surface area contributed by atoms with Gasteiger partial charge in [0, 0.05) is 0 Å². The largest absolute Gasteiger partial charge is 0.509 e. The van der Waals surface area contributed by atoms with Crippen molar-refractivity contribution in [3.8, 4) is 11.5 Å². The van der Waals surface area contributed by atoms with E-state index in [2.05, 4.69) is 0 Å². The van der Waals surface area contributed by atoms with Gasteiger partial charge in [-0.2, -0.15) is 0 Å². The van der Waals surface area contributed by atoms with Gasteiger partial charge < -0.3 is 35.2 Å². The van der Waals surface area contributed by atoms with E-state index in [1.54, 1.807) is 41.5 Å². The van der Waals surface area contributed by atoms with Gasteiger partial charge in [-0.15, -0.1) is 0 Å². The third-order valence-corrected chi connectivity index (χ3v) is 4.78. The first-order valence-electron chi connectivity index (χ1n) is 10.8. The monoisotopic (exact) mass is 481 g/mol. The number of hydrogen-bond donors (Lipinski definition) is 2. The highest BCUT2D eigenvalue weighted by atomic mass is 16.7. The summed E-state index contributed by atoms with van der Waals surface area (Å²) in [6.45, 7) is 10.1. The number of nitrogens with zero attached hydrogens (tertiary/aromatic N) is 1. The Balaban J connectivity index is 2.59. The van der Waals surface area contributed by atoms with Crippen LogP contribution in [0.5, 0.6) is 11.5 Å². The normalized spacial score (nSPS) is 14.6. The molecule has 4 N–H and O–H groups in total. The minimum absolute atomic E-state index is 0.0176. The van der Waals surface area contributed by atoms with Crippen molar-refractivity contribution in [3.63, 3.8) is 0 Å². The second kappa shape index (κ2) is 9.47. The molecule has 34 heavy (non-hydrogen) atoms. The number of amides is 2. The average molecular weight is 482 g/mol. The Hall–Kier alpha value is -3.37. The molecule has 0 heterocycles. The Bertz CT molecular complexity index is 958. The number of carbonyl (C=O) groups excluding carboxylic acids is 3. The predicted octanol–water partition coefficient (Wildman–Crippen LogP) is 3.61. The van der Waals surface area contributed by atoms with Crippen LogP contribution in [0.3, 0.4) is 0 Å². The predicted molar refractivity (Wildman–Crippen MR) is 125 cm³/mol. The van der Waals surface area contributed by atoms with Crippen molar-refractivity contribution < 1.29 is 38.1 Å². The number of nitrogen functional groups attached to an aromatic ring is 1. The lowest BCUT2D eigenvalue weighted by atomic mass is 10.1. The number of carbonyl (C=O) groups is 3. The van der Waals surface area contributed by atoms with E-state index in [-0.39, 0.29) is 35.0 Å². The fourth-order valence-corrected chi connectivity index (χ4v) is 3.18. The van der Waals surface area contributed by atoms with E-state index in [1.807, 2.05) is 0 Å². The van der Waals surface area contributed by atoms with Crippen molar-refractivity contribution >= 4 is 29.5 Å². The van der Waals surface area contributed by atoms with Crippen molar-refractivity contribution in [2.75, 3.05) is 31.4 Å². The van der Waals surface area contributed by atoms with Crippen LogP contribution in [0.15, 0.2) is 6.07 Å². The standard InChI is InChI=1S/C23H35N3O8/c1-21(2,3)32-19(28)26(12-23(9-10-23)34-20(29)33-22(4,5)6)16-15(24)13(18(25)27)11-14(30-7)17(16)31-8/h11H,9-10,12,24H2,1-8H3,(H2,25,27). The molecule has 11 nitrogen and oxygen atoms in total. The molecule has 1 aliphatic carbocycles. The first-order chi connectivity index (χ1) is 15.5. The molecule has 1 aromatic carbocycles. The van der Waals surface area contributed by atoms with Crippen LogP contribution < -0.4 is 25.8 Å². The molecule has 11 heteroatoms. The molecule has 1 fully saturated rings. The second-order valence-corrected chi connectivity index (χ2v) is 10.1. The van der Waals surface area contributed by atoms with Crippen LogP contribution in [0, 0.1) is 0 Å². The molecule has 1 aromatic rings. The topological polar surface area (TPSA) is 153 Å². The summed E-state index contributed by atoms with van der Waals surface area (Å²) < 4.78 is 27.3. The first-order valence-corrected chi connectivity index (χ1v) is 10.8. The fourth-order valence-electron chi connectivity index (χ4n) is 3.18. The summed E-state index contributed by atoms with van der Waals surface area (Å²) in [5.41, 5.74) is 8.99. The number of ether oxygens (including phenoxy) is 5. The third-order valence-electron chi connectivity index (χ3n) is 4.78. The van der Waals surface area contributed by atoms with Gasteiger partial charge in [0.2, 0.25) is 0 Å². The molecule has 0 saturated heterocycles. The van der Waals surface area contributed by atoms with E-state index < -0.39 is 35.0 Å². The van der Waals surface area contributed by atoms with Gasteiger partial charge in [0.15, 0.2) is 11.5 Å². The van der Waals surface area contributed by atoms with E-state index >= 15 is 0 Å². The van der Waals surface area contributed by atoms with E-state index in [9.17, 15) is 14.4 Å². The SMILES string of the molecule is COc1cc(C(N)=O)c(N)c(N(CC2(OC(=O)OC(C)(C)C)CC2)C(=O)OC(C)(C)C)c1OC. The van der Waals surface area contributed by atoms with Crippen LogP contribution in [0.4, 0.5) is 21.0 Å². The molecule has 0 aliphatic heterocycles.